The molecule has 0 fully saturated rings. The second kappa shape index (κ2) is 7.13. The summed E-state index contributed by atoms with van der Waals surface area (Å²) < 4.78 is 6.57. The molecule has 0 aromatic heterocycles. The first-order chi connectivity index (χ1) is 8.54. The van der Waals surface area contributed by atoms with E-state index < -0.39 is 18.9 Å². The molecule has 0 aliphatic carbocycles. The van der Waals surface area contributed by atoms with Gasteiger partial charge < -0.3 is 0 Å². The predicted molar refractivity (Wildman–Crippen MR) is 91.0 cm³/mol. The second-order valence-electron chi connectivity index (χ2n) is 7.52. The summed E-state index contributed by atoms with van der Waals surface area (Å²) in [5, 5.41) is 0. The standard InChI is InChI=1S/2C4H10N.2C4H9.Sn/c2*1-3-5-4-2;2*1-4(2)3;/h2*3-4H2,1-2H3;2*1-3H3;/q2*-1;;;+2. The van der Waals surface area contributed by atoms with Crippen LogP contribution in [-0.2, 0) is 0 Å². The number of hydrogen-bond donors (Lipinski definition) is 0. The maximum atomic E-state index is 2.88. The van der Waals surface area contributed by atoms with Gasteiger partial charge in [-0.3, -0.25) is 0 Å². The summed E-state index contributed by atoms with van der Waals surface area (Å²) >= 11 is -2.75. The molecule has 0 saturated carbocycles. The van der Waals surface area contributed by atoms with Gasteiger partial charge in [0.15, 0.2) is 0 Å². The fourth-order valence-electron chi connectivity index (χ4n) is 4.58. The minimum absolute atomic E-state index is 0.408. The monoisotopic (exact) mass is 378 g/mol. The van der Waals surface area contributed by atoms with Gasteiger partial charge >= 0.3 is 127 Å². The molecular weight excluding hydrogens is 339 g/mol. The average Bonchev–Trinajstić information content (AvgIpc) is 2.26. The van der Waals surface area contributed by atoms with Crippen LogP contribution in [0.4, 0.5) is 0 Å². The SMILES string of the molecule is CC[N](CC)[Sn]([N](CC)CC)([C](C)(C)C)[C](C)(C)C. The zero-order valence-corrected chi connectivity index (χ0v) is 18.1. The summed E-state index contributed by atoms with van der Waals surface area (Å²) in [5.74, 6) is 0. The Morgan fingerprint density at radius 3 is 0.895 bits per heavy atom. The van der Waals surface area contributed by atoms with Gasteiger partial charge in [-0.25, -0.2) is 0 Å². The fourth-order valence-corrected chi connectivity index (χ4v) is 28.2. The first-order valence-corrected chi connectivity index (χ1v) is 13.4. The van der Waals surface area contributed by atoms with E-state index in [2.05, 4.69) is 75.5 Å². The summed E-state index contributed by atoms with van der Waals surface area (Å²) in [6, 6.07) is 0. The first-order valence-electron chi connectivity index (χ1n) is 8.04. The summed E-state index contributed by atoms with van der Waals surface area (Å²) in [6.45, 7) is 29.1. The van der Waals surface area contributed by atoms with Gasteiger partial charge in [0.25, 0.3) is 0 Å². The van der Waals surface area contributed by atoms with Crippen LogP contribution in [0.5, 0.6) is 0 Å². The normalized spacial score (nSPS) is 14.5. The van der Waals surface area contributed by atoms with Crippen molar-refractivity contribution in [1.29, 1.82) is 0 Å². The van der Waals surface area contributed by atoms with Crippen molar-refractivity contribution >= 4 is 18.9 Å². The Labute approximate surface area is 127 Å². The van der Waals surface area contributed by atoms with Crippen molar-refractivity contribution < 1.29 is 0 Å². The van der Waals surface area contributed by atoms with Crippen LogP contribution in [0.15, 0.2) is 0 Å². The number of hydrogen-bond acceptors (Lipinski definition) is 2. The van der Waals surface area contributed by atoms with Crippen LogP contribution in [0.3, 0.4) is 0 Å². The summed E-state index contributed by atoms with van der Waals surface area (Å²) in [4.78, 5) is 0. The molecule has 0 radical (unpaired) electrons. The van der Waals surface area contributed by atoms with Gasteiger partial charge in [-0.2, -0.15) is 0 Å². The molecule has 0 rings (SSSR count). The van der Waals surface area contributed by atoms with Crippen LogP contribution in [0.25, 0.3) is 0 Å². The Kier molecular flexibility index (Phi) is 7.39. The third-order valence-electron chi connectivity index (χ3n) is 4.53. The number of nitrogens with zero attached hydrogens (tertiary/aromatic N) is 2. The zero-order valence-electron chi connectivity index (χ0n) is 15.2. The Morgan fingerprint density at radius 2 is 0.789 bits per heavy atom. The maximum absolute atomic E-state index is 2.88. The van der Waals surface area contributed by atoms with Gasteiger partial charge in [-0.1, -0.05) is 0 Å². The molecule has 0 N–H and O–H groups in total. The molecule has 19 heavy (non-hydrogen) atoms. The van der Waals surface area contributed by atoms with E-state index >= 15 is 0 Å². The van der Waals surface area contributed by atoms with Gasteiger partial charge in [0.1, 0.15) is 0 Å². The van der Waals surface area contributed by atoms with Gasteiger partial charge in [0.2, 0.25) is 0 Å². The molecule has 0 amide bonds. The topological polar surface area (TPSA) is 6.48 Å². The van der Waals surface area contributed by atoms with E-state index in [1.807, 2.05) is 0 Å². The van der Waals surface area contributed by atoms with Gasteiger partial charge in [-0.05, 0) is 0 Å². The summed E-state index contributed by atoms with van der Waals surface area (Å²) in [7, 11) is 0. The Morgan fingerprint density at radius 1 is 0.579 bits per heavy atom. The molecule has 0 aliphatic heterocycles. The van der Waals surface area contributed by atoms with Crippen molar-refractivity contribution in [3.63, 3.8) is 0 Å². The Bertz CT molecular complexity index is 227. The zero-order chi connectivity index (χ0) is 15.5. The Hall–Kier alpha value is 0.719. The van der Waals surface area contributed by atoms with Gasteiger partial charge in [0.05, 0.1) is 0 Å². The van der Waals surface area contributed by atoms with Crippen LogP contribution >= 0.6 is 0 Å². The molecular formula is C16H38N2Sn. The molecule has 0 aromatic rings. The minimum atomic E-state index is -2.75. The molecule has 0 unspecified atom stereocenters. The van der Waals surface area contributed by atoms with Crippen molar-refractivity contribution in [3.8, 4) is 0 Å². The van der Waals surface area contributed by atoms with E-state index in [1.54, 1.807) is 0 Å². The first kappa shape index (κ1) is 19.7. The average molecular weight is 377 g/mol. The summed E-state index contributed by atoms with van der Waals surface area (Å²) in [5.41, 5.74) is 0. The number of rotatable bonds is 6. The molecule has 2 nitrogen and oxygen atoms in total. The molecule has 3 heteroatoms. The third kappa shape index (κ3) is 3.49. The van der Waals surface area contributed by atoms with E-state index in [1.165, 1.54) is 26.2 Å². The third-order valence-corrected chi connectivity index (χ3v) is 25.3. The van der Waals surface area contributed by atoms with Crippen LogP contribution in [0.1, 0.15) is 69.2 Å². The van der Waals surface area contributed by atoms with E-state index in [9.17, 15) is 0 Å². The van der Waals surface area contributed by atoms with E-state index in [0.717, 1.165) is 0 Å². The second-order valence-corrected chi connectivity index (χ2v) is 23.5. The van der Waals surface area contributed by atoms with E-state index in [4.69, 9.17) is 0 Å². The molecule has 116 valence electrons. The van der Waals surface area contributed by atoms with Crippen molar-refractivity contribution in [2.75, 3.05) is 26.2 Å². The Balaban J connectivity index is 6.18. The van der Waals surface area contributed by atoms with Gasteiger partial charge in [-0.15, -0.1) is 0 Å². The predicted octanol–water partition coefficient (Wildman–Crippen LogP) is 4.71. The molecule has 0 aliphatic rings. The van der Waals surface area contributed by atoms with Crippen LogP contribution in [0.2, 0.25) is 6.86 Å². The molecule has 0 saturated heterocycles. The molecule has 0 bridgehead atoms. The molecule has 0 aromatic carbocycles. The van der Waals surface area contributed by atoms with Crippen molar-refractivity contribution in [2.45, 2.75) is 76.1 Å². The van der Waals surface area contributed by atoms with Crippen molar-refractivity contribution in [3.05, 3.63) is 0 Å². The van der Waals surface area contributed by atoms with Crippen LogP contribution < -0.4 is 0 Å². The quantitative estimate of drug-likeness (QED) is 0.619. The fraction of sp³-hybridized carbons (Fsp3) is 1.00. The molecule has 0 spiro atoms. The van der Waals surface area contributed by atoms with Crippen LogP contribution in [-0.4, -0.2) is 51.3 Å². The van der Waals surface area contributed by atoms with Crippen molar-refractivity contribution in [1.82, 2.24) is 6.24 Å². The van der Waals surface area contributed by atoms with Crippen molar-refractivity contribution in [2.24, 2.45) is 0 Å². The van der Waals surface area contributed by atoms with Gasteiger partial charge in [0, 0.05) is 0 Å². The van der Waals surface area contributed by atoms with E-state index in [-0.39, 0.29) is 0 Å². The molecule has 0 heterocycles. The van der Waals surface area contributed by atoms with Crippen LogP contribution in [0, 0.1) is 0 Å². The summed E-state index contributed by atoms with van der Waals surface area (Å²) in [6.07, 6.45) is 0. The van der Waals surface area contributed by atoms with E-state index in [0.29, 0.717) is 6.86 Å². The molecule has 0 atom stereocenters.